The van der Waals surface area contributed by atoms with Gasteiger partial charge >= 0.3 is 0 Å². The quantitative estimate of drug-likeness (QED) is 0.708. The van der Waals surface area contributed by atoms with Crippen LogP contribution in [0, 0.1) is 0 Å². The van der Waals surface area contributed by atoms with Gasteiger partial charge in [0, 0.05) is 44.5 Å². The third-order valence-electron chi connectivity index (χ3n) is 3.31. The van der Waals surface area contributed by atoms with Crippen molar-refractivity contribution in [1.29, 1.82) is 0 Å². The average Bonchev–Trinajstić information content (AvgIpc) is 2.41. The zero-order valence-electron chi connectivity index (χ0n) is 11.8. The van der Waals surface area contributed by atoms with E-state index in [1.54, 1.807) is 32.3 Å². The van der Waals surface area contributed by atoms with Crippen molar-refractivity contribution < 1.29 is 9.59 Å². The molecule has 0 radical (unpaired) electrons. The summed E-state index contributed by atoms with van der Waals surface area (Å²) in [5.74, 6) is -0.00689. The summed E-state index contributed by atoms with van der Waals surface area (Å²) >= 11 is 0. The molecule has 1 fully saturated rings. The molecule has 1 heterocycles. The SMILES string of the molecule is CN(C)C(=O)c1ccc(N)cc1NC1CCC(=O)NC1. The van der Waals surface area contributed by atoms with Gasteiger partial charge < -0.3 is 21.3 Å². The number of benzene rings is 1. The van der Waals surface area contributed by atoms with E-state index in [4.69, 9.17) is 5.73 Å². The van der Waals surface area contributed by atoms with Gasteiger partial charge in [-0.05, 0) is 24.6 Å². The van der Waals surface area contributed by atoms with Gasteiger partial charge in [-0.25, -0.2) is 0 Å². The van der Waals surface area contributed by atoms with Crippen LogP contribution in [0.25, 0.3) is 0 Å². The summed E-state index contributed by atoms with van der Waals surface area (Å²) in [6.07, 6.45) is 1.24. The molecular formula is C14H20N4O2. The largest absolute Gasteiger partial charge is 0.399 e. The van der Waals surface area contributed by atoms with Gasteiger partial charge in [-0.3, -0.25) is 9.59 Å². The molecule has 0 aliphatic carbocycles. The average molecular weight is 276 g/mol. The molecule has 0 bridgehead atoms. The second-order valence-corrected chi connectivity index (χ2v) is 5.19. The van der Waals surface area contributed by atoms with Gasteiger partial charge in [0.05, 0.1) is 5.56 Å². The Morgan fingerprint density at radius 2 is 2.20 bits per heavy atom. The molecule has 2 rings (SSSR count). The third-order valence-corrected chi connectivity index (χ3v) is 3.31. The molecule has 0 saturated carbocycles. The minimum atomic E-state index is -0.0765. The van der Waals surface area contributed by atoms with Gasteiger partial charge in [-0.1, -0.05) is 0 Å². The summed E-state index contributed by atoms with van der Waals surface area (Å²) in [5, 5.41) is 6.11. The van der Waals surface area contributed by atoms with E-state index in [2.05, 4.69) is 10.6 Å². The fourth-order valence-electron chi connectivity index (χ4n) is 2.18. The smallest absolute Gasteiger partial charge is 0.255 e. The number of rotatable bonds is 3. The first-order valence-electron chi connectivity index (χ1n) is 6.62. The van der Waals surface area contributed by atoms with Crippen molar-refractivity contribution in [1.82, 2.24) is 10.2 Å². The van der Waals surface area contributed by atoms with E-state index in [9.17, 15) is 9.59 Å². The fraction of sp³-hybridized carbons (Fsp3) is 0.429. The van der Waals surface area contributed by atoms with Crippen molar-refractivity contribution in [3.63, 3.8) is 0 Å². The fourth-order valence-corrected chi connectivity index (χ4v) is 2.18. The summed E-state index contributed by atoms with van der Waals surface area (Å²) < 4.78 is 0. The Bertz CT molecular complexity index is 518. The summed E-state index contributed by atoms with van der Waals surface area (Å²) in [4.78, 5) is 24.8. The number of nitrogens with two attached hydrogens (primary N) is 1. The molecule has 1 aromatic rings. The zero-order chi connectivity index (χ0) is 14.7. The molecule has 6 nitrogen and oxygen atoms in total. The van der Waals surface area contributed by atoms with Crippen LogP contribution in [0.15, 0.2) is 18.2 Å². The first-order valence-corrected chi connectivity index (χ1v) is 6.62. The number of hydrogen-bond acceptors (Lipinski definition) is 4. The van der Waals surface area contributed by atoms with Gasteiger partial charge in [-0.2, -0.15) is 0 Å². The molecule has 6 heteroatoms. The van der Waals surface area contributed by atoms with Crippen LogP contribution in [0.3, 0.4) is 0 Å². The molecule has 1 saturated heterocycles. The lowest BCUT2D eigenvalue weighted by Crippen LogP contribution is -2.42. The lowest BCUT2D eigenvalue weighted by atomic mass is 10.0. The number of carbonyl (C=O) groups excluding carboxylic acids is 2. The number of nitrogens with zero attached hydrogens (tertiary/aromatic N) is 1. The third kappa shape index (κ3) is 3.20. The maximum atomic E-state index is 12.1. The molecule has 1 aromatic carbocycles. The van der Waals surface area contributed by atoms with E-state index >= 15 is 0 Å². The van der Waals surface area contributed by atoms with E-state index in [-0.39, 0.29) is 17.9 Å². The van der Waals surface area contributed by atoms with Gasteiger partial charge in [-0.15, -0.1) is 0 Å². The first-order chi connectivity index (χ1) is 9.47. The molecule has 108 valence electrons. The van der Waals surface area contributed by atoms with Gasteiger partial charge in [0.25, 0.3) is 5.91 Å². The van der Waals surface area contributed by atoms with E-state index in [1.165, 1.54) is 4.90 Å². The number of piperidine rings is 1. The molecule has 0 aromatic heterocycles. The van der Waals surface area contributed by atoms with Crippen LogP contribution in [0.4, 0.5) is 11.4 Å². The molecule has 1 atom stereocenters. The van der Waals surface area contributed by atoms with Crippen molar-refractivity contribution in [2.45, 2.75) is 18.9 Å². The predicted molar refractivity (Wildman–Crippen MR) is 78.5 cm³/mol. The summed E-state index contributed by atoms with van der Waals surface area (Å²) in [7, 11) is 3.42. The Hall–Kier alpha value is -2.24. The monoisotopic (exact) mass is 276 g/mol. The highest BCUT2D eigenvalue weighted by Crippen LogP contribution is 2.22. The Labute approximate surface area is 118 Å². The van der Waals surface area contributed by atoms with Crippen LogP contribution in [-0.4, -0.2) is 43.4 Å². The highest BCUT2D eigenvalue weighted by Gasteiger charge is 2.20. The van der Waals surface area contributed by atoms with E-state index < -0.39 is 0 Å². The Kier molecular flexibility index (Phi) is 4.12. The van der Waals surface area contributed by atoms with Crippen molar-refractivity contribution in [3.8, 4) is 0 Å². The van der Waals surface area contributed by atoms with Crippen LogP contribution in [-0.2, 0) is 4.79 Å². The topological polar surface area (TPSA) is 87.5 Å². The molecule has 1 unspecified atom stereocenters. The van der Waals surface area contributed by atoms with Crippen LogP contribution in [0.2, 0.25) is 0 Å². The van der Waals surface area contributed by atoms with Crippen molar-refractivity contribution in [2.75, 3.05) is 31.7 Å². The van der Waals surface area contributed by atoms with Crippen LogP contribution in [0.1, 0.15) is 23.2 Å². The maximum absolute atomic E-state index is 12.1. The lowest BCUT2D eigenvalue weighted by Gasteiger charge is -2.26. The molecule has 0 spiro atoms. The highest BCUT2D eigenvalue weighted by molar-refractivity contribution is 6.00. The summed E-state index contributed by atoms with van der Waals surface area (Å²) in [5.41, 5.74) is 7.69. The van der Waals surface area contributed by atoms with E-state index in [1.807, 2.05) is 0 Å². The van der Waals surface area contributed by atoms with Crippen molar-refractivity contribution in [3.05, 3.63) is 23.8 Å². The molecule has 20 heavy (non-hydrogen) atoms. The highest BCUT2D eigenvalue weighted by atomic mass is 16.2. The number of anilines is 2. The lowest BCUT2D eigenvalue weighted by molar-refractivity contribution is -0.122. The van der Waals surface area contributed by atoms with Crippen LogP contribution >= 0.6 is 0 Å². The summed E-state index contributed by atoms with van der Waals surface area (Å²) in [6.45, 7) is 0.559. The Morgan fingerprint density at radius 1 is 1.45 bits per heavy atom. The van der Waals surface area contributed by atoms with E-state index in [0.717, 1.165) is 6.42 Å². The number of amides is 2. The summed E-state index contributed by atoms with van der Waals surface area (Å²) in [6, 6.07) is 5.31. The Balaban J connectivity index is 2.19. The van der Waals surface area contributed by atoms with Gasteiger partial charge in [0.1, 0.15) is 0 Å². The van der Waals surface area contributed by atoms with Crippen molar-refractivity contribution in [2.24, 2.45) is 0 Å². The second-order valence-electron chi connectivity index (χ2n) is 5.19. The van der Waals surface area contributed by atoms with E-state index in [0.29, 0.717) is 29.9 Å². The van der Waals surface area contributed by atoms with Crippen LogP contribution < -0.4 is 16.4 Å². The minimum absolute atomic E-state index is 0.0696. The standard InChI is InChI=1S/C14H20N4O2/c1-18(2)14(20)11-5-3-9(15)7-12(11)17-10-4-6-13(19)16-8-10/h3,5,7,10,17H,4,6,8,15H2,1-2H3,(H,16,19). The van der Waals surface area contributed by atoms with Crippen molar-refractivity contribution >= 4 is 23.2 Å². The molecule has 1 aliphatic rings. The van der Waals surface area contributed by atoms with Gasteiger partial charge in [0.15, 0.2) is 0 Å². The maximum Gasteiger partial charge on any atom is 0.255 e. The number of nitrogen functional groups attached to an aromatic ring is 1. The molecular weight excluding hydrogens is 256 g/mol. The van der Waals surface area contributed by atoms with Gasteiger partial charge in [0.2, 0.25) is 5.91 Å². The Morgan fingerprint density at radius 3 is 2.80 bits per heavy atom. The molecule has 4 N–H and O–H groups in total. The normalized spacial score (nSPS) is 18.3. The number of carbonyl (C=O) groups is 2. The van der Waals surface area contributed by atoms with Crippen LogP contribution in [0.5, 0.6) is 0 Å². The number of hydrogen-bond donors (Lipinski definition) is 3. The molecule has 1 aliphatic heterocycles. The zero-order valence-corrected chi connectivity index (χ0v) is 11.8. The minimum Gasteiger partial charge on any atom is -0.399 e. The molecule has 2 amide bonds. The predicted octanol–water partition coefficient (Wildman–Crippen LogP) is 0.661. The number of nitrogens with one attached hydrogen (secondary N) is 2. The second kappa shape index (κ2) is 5.81. The first kappa shape index (κ1) is 14.2.